The molecule has 4 N–H and O–H groups in total. The SMILES string of the molecule is CCc1c(-c2nc(Nc3cc(C)[nH]n3)c3ccccc3n2)ccc2[nH][nH]c(=O)c12. The van der Waals surface area contributed by atoms with E-state index in [2.05, 4.69) is 25.7 Å². The summed E-state index contributed by atoms with van der Waals surface area (Å²) in [5, 5.41) is 17.6. The topological polar surface area (TPSA) is 115 Å². The number of hydrogen-bond donors (Lipinski definition) is 4. The highest BCUT2D eigenvalue weighted by Gasteiger charge is 2.16. The first-order valence-electron chi connectivity index (χ1n) is 9.42. The van der Waals surface area contributed by atoms with Crippen LogP contribution in [0, 0.1) is 6.92 Å². The van der Waals surface area contributed by atoms with Gasteiger partial charge in [-0.15, -0.1) is 0 Å². The maximum atomic E-state index is 12.3. The molecule has 0 aliphatic carbocycles. The lowest BCUT2D eigenvalue weighted by Gasteiger charge is -2.12. The van der Waals surface area contributed by atoms with Crippen LogP contribution in [-0.2, 0) is 6.42 Å². The Morgan fingerprint density at radius 3 is 2.72 bits per heavy atom. The average molecular weight is 385 g/mol. The highest BCUT2D eigenvalue weighted by Crippen LogP contribution is 2.31. The number of aromatic amines is 3. The van der Waals surface area contributed by atoms with Crippen LogP contribution in [0.1, 0.15) is 18.2 Å². The molecule has 0 radical (unpaired) electrons. The second-order valence-electron chi connectivity index (χ2n) is 6.92. The zero-order valence-corrected chi connectivity index (χ0v) is 16.0. The van der Waals surface area contributed by atoms with E-state index in [0.29, 0.717) is 29.3 Å². The van der Waals surface area contributed by atoms with Crippen molar-refractivity contribution in [2.45, 2.75) is 20.3 Å². The molecule has 0 atom stereocenters. The van der Waals surface area contributed by atoms with Crippen LogP contribution in [0.15, 0.2) is 47.3 Å². The van der Waals surface area contributed by atoms with Crippen LogP contribution in [0.25, 0.3) is 33.2 Å². The molecule has 0 amide bonds. The lowest BCUT2D eigenvalue weighted by molar-refractivity contribution is 1.05. The summed E-state index contributed by atoms with van der Waals surface area (Å²) in [5.41, 5.74) is 4.18. The van der Waals surface area contributed by atoms with E-state index in [0.717, 1.165) is 33.2 Å². The molecule has 5 aromatic rings. The van der Waals surface area contributed by atoms with Crippen LogP contribution < -0.4 is 10.9 Å². The number of para-hydroxylation sites is 1. The number of benzene rings is 2. The Hall–Kier alpha value is -3.94. The largest absolute Gasteiger partial charge is 0.323 e. The van der Waals surface area contributed by atoms with Crippen molar-refractivity contribution in [1.82, 2.24) is 30.4 Å². The van der Waals surface area contributed by atoms with Crippen LogP contribution in [0.3, 0.4) is 0 Å². The predicted molar refractivity (Wildman–Crippen MR) is 113 cm³/mol. The summed E-state index contributed by atoms with van der Waals surface area (Å²) in [7, 11) is 0. The molecule has 0 saturated heterocycles. The third kappa shape index (κ3) is 2.85. The molecule has 144 valence electrons. The molecule has 8 nitrogen and oxygen atoms in total. The smallest absolute Gasteiger partial charge is 0.272 e. The van der Waals surface area contributed by atoms with Gasteiger partial charge in [0.05, 0.1) is 16.4 Å². The summed E-state index contributed by atoms with van der Waals surface area (Å²) >= 11 is 0. The highest BCUT2D eigenvalue weighted by molar-refractivity contribution is 5.93. The number of H-pyrrole nitrogens is 3. The van der Waals surface area contributed by atoms with E-state index in [1.165, 1.54) is 0 Å². The van der Waals surface area contributed by atoms with Crippen molar-refractivity contribution in [2.75, 3.05) is 5.32 Å². The Bertz CT molecular complexity index is 1410. The molecule has 3 heterocycles. The zero-order valence-electron chi connectivity index (χ0n) is 16.0. The number of nitrogens with zero attached hydrogens (tertiary/aromatic N) is 3. The minimum Gasteiger partial charge on any atom is -0.323 e. The lowest BCUT2D eigenvalue weighted by atomic mass is 10.00. The fourth-order valence-corrected chi connectivity index (χ4v) is 3.67. The molecule has 0 saturated carbocycles. The van der Waals surface area contributed by atoms with Crippen LogP contribution in [-0.4, -0.2) is 30.4 Å². The Morgan fingerprint density at radius 1 is 1.07 bits per heavy atom. The molecule has 29 heavy (non-hydrogen) atoms. The third-order valence-electron chi connectivity index (χ3n) is 5.00. The Labute approximate surface area is 165 Å². The summed E-state index contributed by atoms with van der Waals surface area (Å²) in [5.74, 6) is 1.92. The lowest BCUT2D eigenvalue weighted by Crippen LogP contribution is -2.04. The summed E-state index contributed by atoms with van der Waals surface area (Å²) in [6.45, 7) is 3.97. The molecular weight excluding hydrogens is 366 g/mol. The van der Waals surface area contributed by atoms with Crippen molar-refractivity contribution in [1.29, 1.82) is 0 Å². The standard InChI is InChI=1S/C21H19N7O/c1-3-12-13(8-9-16-18(12)21(29)28-26-16)19-22-15-7-5-4-6-14(15)20(24-19)23-17-10-11(2)25-27-17/h4-10H,3H2,1-2H3,(H2,26,28,29)(H2,22,23,24,25,27). The van der Waals surface area contributed by atoms with Crippen LogP contribution in [0.2, 0.25) is 0 Å². The van der Waals surface area contributed by atoms with E-state index in [1.54, 1.807) is 0 Å². The van der Waals surface area contributed by atoms with Gasteiger partial charge in [0.25, 0.3) is 5.56 Å². The van der Waals surface area contributed by atoms with Gasteiger partial charge in [0.15, 0.2) is 11.6 Å². The summed E-state index contributed by atoms with van der Waals surface area (Å²) in [6.07, 6.45) is 0.686. The second-order valence-corrected chi connectivity index (χ2v) is 6.92. The molecule has 0 aliphatic rings. The number of hydrogen-bond acceptors (Lipinski definition) is 5. The Kier molecular flexibility index (Phi) is 3.90. The molecule has 5 rings (SSSR count). The van der Waals surface area contributed by atoms with Crippen molar-refractivity contribution in [3.05, 3.63) is 64.1 Å². The molecular formula is C21H19N7O. The van der Waals surface area contributed by atoms with Gasteiger partial charge in [-0.1, -0.05) is 19.1 Å². The van der Waals surface area contributed by atoms with Gasteiger partial charge in [-0.2, -0.15) is 5.10 Å². The van der Waals surface area contributed by atoms with Gasteiger partial charge >= 0.3 is 0 Å². The Morgan fingerprint density at radius 2 is 1.93 bits per heavy atom. The van der Waals surface area contributed by atoms with Gasteiger partial charge in [0.1, 0.15) is 5.82 Å². The first-order chi connectivity index (χ1) is 14.1. The molecule has 0 fully saturated rings. The molecule has 0 spiro atoms. The minimum atomic E-state index is -0.134. The number of aromatic nitrogens is 6. The normalized spacial score (nSPS) is 11.4. The first-order valence-corrected chi connectivity index (χ1v) is 9.42. The van der Waals surface area contributed by atoms with Gasteiger partial charge in [0, 0.05) is 22.7 Å². The van der Waals surface area contributed by atoms with Crippen molar-refractivity contribution < 1.29 is 0 Å². The zero-order chi connectivity index (χ0) is 20.0. The van der Waals surface area contributed by atoms with Crippen LogP contribution in [0.5, 0.6) is 0 Å². The summed E-state index contributed by atoms with van der Waals surface area (Å²) < 4.78 is 0. The molecule has 0 bridgehead atoms. The number of rotatable bonds is 4. The van der Waals surface area contributed by atoms with Crippen molar-refractivity contribution in [3.63, 3.8) is 0 Å². The number of nitrogens with one attached hydrogen (secondary N) is 4. The molecule has 2 aromatic carbocycles. The van der Waals surface area contributed by atoms with Crippen LogP contribution in [0.4, 0.5) is 11.6 Å². The predicted octanol–water partition coefficient (Wildman–Crippen LogP) is 3.80. The fourth-order valence-electron chi connectivity index (χ4n) is 3.67. The Balaban J connectivity index is 1.75. The average Bonchev–Trinajstić information content (AvgIpc) is 3.32. The van der Waals surface area contributed by atoms with Gasteiger partial charge < -0.3 is 5.32 Å². The van der Waals surface area contributed by atoms with Crippen molar-refractivity contribution in [3.8, 4) is 11.4 Å². The van der Waals surface area contributed by atoms with E-state index in [-0.39, 0.29) is 5.56 Å². The van der Waals surface area contributed by atoms with Gasteiger partial charge in [-0.3, -0.25) is 20.1 Å². The molecule has 3 aromatic heterocycles. The fraction of sp³-hybridized carbons (Fsp3) is 0.143. The molecule has 0 aliphatic heterocycles. The second kappa shape index (κ2) is 6.59. The highest BCUT2D eigenvalue weighted by atomic mass is 16.1. The third-order valence-corrected chi connectivity index (χ3v) is 5.00. The van der Waals surface area contributed by atoms with Crippen molar-refractivity contribution in [2.24, 2.45) is 0 Å². The van der Waals surface area contributed by atoms with E-state index in [9.17, 15) is 4.79 Å². The number of fused-ring (bicyclic) bond motifs is 2. The first kappa shape index (κ1) is 17.2. The van der Waals surface area contributed by atoms with E-state index in [4.69, 9.17) is 9.97 Å². The van der Waals surface area contributed by atoms with E-state index >= 15 is 0 Å². The van der Waals surface area contributed by atoms with Gasteiger partial charge in [-0.05, 0) is 43.2 Å². The summed E-state index contributed by atoms with van der Waals surface area (Å²) in [6, 6.07) is 13.6. The number of anilines is 2. The van der Waals surface area contributed by atoms with E-state index < -0.39 is 0 Å². The van der Waals surface area contributed by atoms with E-state index in [1.807, 2.05) is 56.3 Å². The quantitative estimate of drug-likeness (QED) is 0.376. The van der Waals surface area contributed by atoms with Crippen LogP contribution >= 0.6 is 0 Å². The maximum Gasteiger partial charge on any atom is 0.272 e. The monoisotopic (exact) mass is 385 g/mol. The van der Waals surface area contributed by atoms with Gasteiger partial charge in [-0.25, -0.2) is 9.97 Å². The maximum absolute atomic E-state index is 12.3. The number of aryl methyl sites for hydroxylation is 2. The van der Waals surface area contributed by atoms with Crippen molar-refractivity contribution >= 4 is 33.4 Å². The summed E-state index contributed by atoms with van der Waals surface area (Å²) in [4.78, 5) is 21.9. The molecule has 8 heteroatoms. The minimum absolute atomic E-state index is 0.134. The van der Waals surface area contributed by atoms with Gasteiger partial charge in [0.2, 0.25) is 0 Å². The molecule has 0 unspecified atom stereocenters.